The van der Waals surface area contributed by atoms with Crippen LogP contribution >= 0.6 is 0 Å². The van der Waals surface area contributed by atoms with Crippen molar-refractivity contribution in [1.29, 1.82) is 0 Å². The zero-order valence-electron chi connectivity index (χ0n) is 19.3. The van der Waals surface area contributed by atoms with Crippen molar-refractivity contribution in [2.75, 3.05) is 26.7 Å². The first-order chi connectivity index (χ1) is 16.6. The highest BCUT2D eigenvalue weighted by atomic mass is 16.6. The summed E-state index contributed by atoms with van der Waals surface area (Å²) in [6, 6.07) is 23.2. The summed E-state index contributed by atoms with van der Waals surface area (Å²) in [5, 5.41) is 0. The predicted octanol–water partition coefficient (Wildman–Crippen LogP) is 5.22. The monoisotopic (exact) mass is 457 g/mol. The molecule has 5 rings (SSSR count). The summed E-state index contributed by atoms with van der Waals surface area (Å²) in [5.41, 5.74) is 2.59. The molecule has 0 aliphatic carbocycles. The molecule has 174 valence electrons. The van der Waals surface area contributed by atoms with E-state index in [1.807, 2.05) is 79.7 Å². The zero-order valence-corrected chi connectivity index (χ0v) is 19.3. The molecule has 0 aromatic heterocycles. The van der Waals surface area contributed by atoms with Crippen molar-refractivity contribution in [2.45, 2.75) is 19.6 Å². The first-order valence-electron chi connectivity index (χ1n) is 11.4. The molecule has 2 aliphatic rings. The number of fused-ring (bicyclic) bond motifs is 2. The van der Waals surface area contributed by atoms with Gasteiger partial charge in [-0.1, -0.05) is 48.5 Å². The Kier molecular flexibility index (Phi) is 6.08. The lowest BCUT2D eigenvalue weighted by atomic mass is 10.1. The molecule has 0 unspecified atom stereocenters. The number of amides is 1. The smallest absolute Gasteiger partial charge is 0.410 e. The van der Waals surface area contributed by atoms with Gasteiger partial charge in [0.25, 0.3) is 0 Å². The van der Waals surface area contributed by atoms with Gasteiger partial charge in [0.1, 0.15) is 18.1 Å². The van der Waals surface area contributed by atoms with Crippen LogP contribution in [-0.4, -0.2) is 54.5 Å². The van der Waals surface area contributed by atoms with E-state index < -0.39 is 0 Å². The average Bonchev–Trinajstić information content (AvgIpc) is 3.04. The summed E-state index contributed by atoms with van der Waals surface area (Å²) in [6.45, 7) is 4.08. The van der Waals surface area contributed by atoms with E-state index in [0.29, 0.717) is 36.9 Å². The van der Waals surface area contributed by atoms with Gasteiger partial charge in [0.15, 0.2) is 17.2 Å². The van der Waals surface area contributed by atoms with Gasteiger partial charge in [0.05, 0.1) is 12.7 Å². The number of ether oxygens (including phenoxy) is 3. The van der Waals surface area contributed by atoms with Crippen LogP contribution < -0.4 is 9.47 Å². The number of carbonyl (C=O) groups is 1. The summed E-state index contributed by atoms with van der Waals surface area (Å²) in [7, 11) is 1.63. The highest BCUT2D eigenvalue weighted by Gasteiger charge is 2.33. The minimum absolute atomic E-state index is 0.0480. The van der Waals surface area contributed by atoms with E-state index in [0.717, 1.165) is 22.6 Å². The quantitative estimate of drug-likeness (QED) is 0.539. The van der Waals surface area contributed by atoms with Gasteiger partial charge in [0, 0.05) is 25.7 Å². The Labute approximate surface area is 199 Å². The number of carbonyl (C=O) groups excluding carboxylic acids is 1. The van der Waals surface area contributed by atoms with Crippen LogP contribution in [0.15, 0.2) is 77.8 Å². The van der Waals surface area contributed by atoms with Gasteiger partial charge in [0.2, 0.25) is 0 Å². The topological polar surface area (TPSA) is 63.6 Å². The molecule has 3 aromatic rings. The molecule has 0 radical (unpaired) electrons. The molecule has 1 atom stereocenters. The predicted molar refractivity (Wildman–Crippen MR) is 130 cm³/mol. The number of hydrogen-bond acceptors (Lipinski definition) is 6. The van der Waals surface area contributed by atoms with Crippen LogP contribution in [0.25, 0.3) is 0 Å². The molecular weight excluding hydrogens is 430 g/mol. The summed E-state index contributed by atoms with van der Waals surface area (Å²) < 4.78 is 17.4. The summed E-state index contributed by atoms with van der Waals surface area (Å²) >= 11 is 0. The van der Waals surface area contributed by atoms with Gasteiger partial charge in [-0.15, -0.1) is 0 Å². The minimum atomic E-state index is -0.297. The van der Waals surface area contributed by atoms with Crippen molar-refractivity contribution < 1.29 is 19.0 Å². The number of hydrogen-bond donors (Lipinski definition) is 0. The highest BCUT2D eigenvalue weighted by Crippen LogP contribution is 2.42. The van der Waals surface area contributed by atoms with Gasteiger partial charge in [-0.05, 0) is 36.8 Å². The van der Waals surface area contributed by atoms with Crippen LogP contribution in [-0.2, 0) is 11.3 Å². The summed E-state index contributed by atoms with van der Waals surface area (Å²) in [6.07, 6.45) is -0.297. The van der Waals surface area contributed by atoms with Crippen molar-refractivity contribution in [3.63, 3.8) is 0 Å². The highest BCUT2D eigenvalue weighted by molar-refractivity contribution is 6.04. The molecule has 34 heavy (non-hydrogen) atoms. The van der Waals surface area contributed by atoms with Crippen molar-refractivity contribution in [2.24, 2.45) is 4.99 Å². The Morgan fingerprint density at radius 3 is 2.62 bits per heavy atom. The average molecular weight is 458 g/mol. The number of benzene rings is 3. The fourth-order valence-electron chi connectivity index (χ4n) is 4.34. The molecule has 2 heterocycles. The maximum absolute atomic E-state index is 12.8. The molecule has 1 saturated heterocycles. The Hall–Kier alpha value is -4.00. The van der Waals surface area contributed by atoms with Gasteiger partial charge in [-0.2, -0.15) is 0 Å². The van der Waals surface area contributed by atoms with Crippen molar-refractivity contribution in [3.05, 3.63) is 83.9 Å². The first kappa shape index (κ1) is 21.8. The molecule has 3 aromatic carbocycles. The molecular formula is C27H27N3O4. The number of amidine groups is 1. The van der Waals surface area contributed by atoms with Crippen LogP contribution in [0.5, 0.6) is 17.2 Å². The Morgan fingerprint density at radius 2 is 1.82 bits per heavy atom. The van der Waals surface area contributed by atoms with E-state index in [2.05, 4.69) is 4.90 Å². The number of para-hydroxylation sites is 3. The largest absolute Gasteiger partial charge is 0.493 e. The minimum Gasteiger partial charge on any atom is -0.493 e. The number of nitrogens with zero attached hydrogens (tertiary/aromatic N) is 3. The number of rotatable bonds is 3. The molecule has 0 bridgehead atoms. The van der Waals surface area contributed by atoms with Crippen molar-refractivity contribution in [3.8, 4) is 17.2 Å². The number of piperazine rings is 1. The van der Waals surface area contributed by atoms with Gasteiger partial charge >= 0.3 is 6.09 Å². The van der Waals surface area contributed by atoms with Gasteiger partial charge in [-0.25, -0.2) is 9.79 Å². The van der Waals surface area contributed by atoms with Crippen molar-refractivity contribution >= 4 is 17.6 Å². The molecule has 1 amide bonds. The molecule has 1 fully saturated rings. The normalized spacial score (nSPS) is 17.0. The van der Waals surface area contributed by atoms with Gasteiger partial charge < -0.3 is 24.0 Å². The van der Waals surface area contributed by atoms with Gasteiger partial charge in [-0.3, -0.25) is 0 Å². The number of methoxy groups -OCH3 is 1. The van der Waals surface area contributed by atoms with E-state index in [1.54, 1.807) is 12.0 Å². The fraction of sp³-hybridized carbons (Fsp3) is 0.259. The van der Waals surface area contributed by atoms with Crippen molar-refractivity contribution in [1.82, 2.24) is 9.80 Å². The summed E-state index contributed by atoms with van der Waals surface area (Å²) in [5.74, 6) is 2.78. The second kappa shape index (κ2) is 9.47. The maximum Gasteiger partial charge on any atom is 0.410 e. The Bertz CT molecular complexity index is 1210. The fourth-order valence-corrected chi connectivity index (χ4v) is 4.34. The second-order valence-electron chi connectivity index (χ2n) is 8.37. The third-order valence-corrected chi connectivity index (χ3v) is 6.11. The van der Waals surface area contributed by atoms with E-state index in [4.69, 9.17) is 19.2 Å². The molecule has 7 nitrogen and oxygen atoms in total. The Balaban J connectivity index is 1.37. The zero-order chi connectivity index (χ0) is 23.5. The van der Waals surface area contributed by atoms with Crippen LogP contribution in [0.2, 0.25) is 0 Å². The van der Waals surface area contributed by atoms with E-state index in [9.17, 15) is 4.79 Å². The first-order valence-corrected chi connectivity index (χ1v) is 11.4. The Morgan fingerprint density at radius 1 is 1.03 bits per heavy atom. The molecule has 0 saturated carbocycles. The number of aliphatic imine (C=N–C) groups is 1. The lowest BCUT2D eigenvalue weighted by molar-refractivity contribution is 0.0624. The van der Waals surface area contributed by atoms with Crippen LogP contribution in [0, 0.1) is 0 Å². The third-order valence-electron chi connectivity index (χ3n) is 6.11. The van der Waals surface area contributed by atoms with Crippen LogP contribution in [0.3, 0.4) is 0 Å². The molecule has 0 N–H and O–H groups in total. The van der Waals surface area contributed by atoms with E-state index in [-0.39, 0.29) is 18.7 Å². The van der Waals surface area contributed by atoms with E-state index >= 15 is 0 Å². The van der Waals surface area contributed by atoms with Crippen LogP contribution in [0.1, 0.15) is 18.1 Å². The maximum atomic E-state index is 12.8. The SMILES string of the molecule is COc1cccc2c1Oc1ccccc1N=C2N1CCN(C(=O)OCc2ccccc2)[C@H](C)C1. The molecule has 0 spiro atoms. The van der Waals surface area contributed by atoms with Crippen LogP contribution in [0.4, 0.5) is 10.5 Å². The molecule has 2 aliphatic heterocycles. The second-order valence-corrected chi connectivity index (χ2v) is 8.37. The summed E-state index contributed by atoms with van der Waals surface area (Å²) in [4.78, 5) is 21.8. The molecule has 7 heteroatoms. The lowest BCUT2D eigenvalue weighted by Gasteiger charge is -2.40. The van der Waals surface area contributed by atoms with E-state index in [1.165, 1.54) is 0 Å². The third kappa shape index (κ3) is 4.29. The lowest BCUT2D eigenvalue weighted by Crippen LogP contribution is -2.55. The standard InChI is InChI=1S/C27H27N3O4/c1-19-17-29(15-16-30(19)27(31)33-18-20-9-4-3-5-10-20)26-21-11-8-14-24(32-2)25(21)34-23-13-7-6-12-22(23)28-26/h3-14,19H,15-18H2,1-2H3/t19-/m1/s1.